The monoisotopic (exact) mass is 403 g/mol. The fourth-order valence-electron chi connectivity index (χ4n) is 4.17. The van der Waals surface area contributed by atoms with Crippen molar-refractivity contribution in [1.82, 2.24) is 20.2 Å². The summed E-state index contributed by atoms with van der Waals surface area (Å²) in [5.41, 5.74) is 4.23. The molecule has 29 heavy (non-hydrogen) atoms. The zero-order valence-corrected chi connectivity index (χ0v) is 18.3. The first kappa shape index (κ1) is 21.7. The first-order valence-corrected chi connectivity index (χ1v) is 11.0. The van der Waals surface area contributed by atoms with Crippen LogP contribution in [0.25, 0.3) is 0 Å². The molecule has 0 atom stereocenters. The quantitative estimate of drug-likeness (QED) is 0.758. The van der Waals surface area contributed by atoms with Gasteiger partial charge in [0.15, 0.2) is 0 Å². The lowest BCUT2D eigenvalue weighted by molar-refractivity contribution is 0.110. The van der Waals surface area contributed by atoms with Crippen molar-refractivity contribution >= 4 is 11.7 Å². The second-order valence-corrected chi connectivity index (χ2v) is 8.15. The number of amides is 2. The van der Waals surface area contributed by atoms with Gasteiger partial charge < -0.3 is 14.5 Å². The molecule has 1 N–H and O–H groups in total. The molecule has 162 valence electrons. The van der Waals surface area contributed by atoms with E-state index in [9.17, 15) is 4.79 Å². The van der Waals surface area contributed by atoms with Gasteiger partial charge in [-0.05, 0) is 50.8 Å². The molecule has 2 amide bonds. The summed E-state index contributed by atoms with van der Waals surface area (Å²) in [6.07, 6.45) is 3.58. The highest BCUT2D eigenvalue weighted by Gasteiger charge is 2.23. The molecule has 2 saturated heterocycles. The van der Waals surface area contributed by atoms with Crippen LogP contribution in [0.15, 0.2) is 24.3 Å². The molecule has 1 aromatic carbocycles. The van der Waals surface area contributed by atoms with Crippen molar-refractivity contribution in [3.63, 3.8) is 0 Å². The maximum atomic E-state index is 12.0. The average Bonchev–Trinajstić information content (AvgIpc) is 2.78. The van der Waals surface area contributed by atoms with Crippen molar-refractivity contribution in [3.8, 4) is 5.75 Å². The molecule has 0 aromatic heterocycles. The number of benzene rings is 1. The first-order chi connectivity index (χ1) is 14.1. The Hall–Kier alpha value is -1.99. The van der Waals surface area contributed by atoms with Crippen LogP contribution < -0.4 is 15.1 Å². The second kappa shape index (κ2) is 10.7. The molecule has 0 aliphatic carbocycles. The van der Waals surface area contributed by atoms with E-state index in [1.807, 2.05) is 26.1 Å². The number of carbonyl (C=O) groups excluding carboxylic acids is 1. The number of piperazine rings is 1. The number of carbonyl (C=O) groups is 1. The van der Waals surface area contributed by atoms with Gasteiger partial charge >= 0.3 is 6.03 Å². The van der Waals surface area contributed by atoms with Gasteiger partial charge in [-0.3, -0.25) is 10.3 Å². The topological polar surface area (TPSA) is 51.3 Å². The lowest BCUT2D eigenvalue weighted by Gasteiger charge is -2.38. The molecule has 0 bridgehead atoms. The van der Waals surface area contributed by atoms with Gasteiger partial charge in [-0.2, -0.15) is 0 Å². The summed E-state index contributed by atoms with van der Waals surface area (Å²) < 4.78 is 5.52. The highest BCUT2D eigenvalue weighted by Crippen LogP contribution is 2.28. The standard InChI is InChI=1S/C22H37N5O2/c1-4-24(2)22(28)23-27-13-10-19(11-14-27)9-12-25-15-17-26(18-16-25)20-7-5-6-8-21(20)29-3/h5-8,19H,4,9-18H2,1-3H3,(H,23,28). The zero-order valence-electron chi connectivity index (χ0n) is 18.3. The van der Waals surface area contributed by atoms with Gasteiger partial charge in [0.2, 0.25) is 0 Å². The van der Waals surface area contributed by atoms with Gasteiger partial charge in [-0.15, -0.1) is 0 Å². The Morgan fingerprint density at radius 2 is 1.83 bits per heavy atom. The van der Waals surface area contributed by atoms with Crippen molar-refractivity contribution in [3.05, 3.63) is 24.3 Å². The third kappa shape index (κ3) is 6.00. The van der Waals surface area contributed by atoms with Crippen molar-refractivity contribution in [2.75, 3.05) is 71.4 Å². The zero-order chi connectivity index (χ0) is 20.6. The second-order valence-electron chi connectivity index (χ2n) is 8.15. The predicted octanol–water partition coefficient (Wildman–Crippen LogP) is 2.50. The first-order valence-electron chi connectivity index (χ1n) is 11.0. The van der Waals surface area contributed by atoms with Crippen LogP contribution in [0.5, 0.6) is 5.75 Å². The van der Waals surface area contributed by atoms with E-state index in [4.69, 9.17) is 4.74 Å². The van der Waals surface area contributed by atoms with E-state index in [1.54, 1.807) is 12.0 Å². The molecule has 3 rings (SSSR count). The largest absolute Gasteiger partial charge is 0.495 e. The number of nitrogens with zero attached hydrogens (tertiary/aromatic N) is 4. The van der Waals surface area contributed by atoms with Gasteiger partial charge in [0, 0.05) is 52.9 Å². The maximum absolute atomic E-state index is 12.0. The molecular formula is C22H37N5O2. The lowest BCUT2D eigenvalue weighted by Crippen LogP contribution is -2.51. The molecule has 1 aromatic rings. The molecule has 7 nitrogen and oxygen atoms in total. The number of hydrogen-bond donors (Lipinski definition) is 1. The number of methoxy groups -OCH3 is 1. The number of hydrazine groups is 1. The summed E-state index contributed by atoms with van der Waals surface area (Å²) in [4.78, 5) is 18.7. The van der Waals surface area contributed by atoms with Crippen LogP contribution in [-0.4, -0.2) is 87.4 Å². The summed E-state index contributed by atoms with van der Waals surface area (Å²) in [6, 6.07) is 8.30. The number of urea groups is 1. The van der Waals surface area contributed by atoms with Crippen LogP contribution >= 0.6 is 0 Å². The van der Waals surface area contributed by atoms with Crippen LogP contribution in [0.3, 0.4) is 0 Å². The Labute approximate surface area is 175 Å². The Bertz CT molecular complexity index is 640. The minimum atomic E-state index is -0.00105. The Morgan fingerprint density at radius 1 is 1.14 bits per heavy atom. The van der Waals surface area contributed by atoms with E-state index in [0.717, 1.165) is 70.3 Å². The van der Waals surface area contributed by atoms with Gasteiger partial charge in [-0.25, -0.2) is 9.80 Å². The smallest absolute Gasteiger partial charge is 0.331 e. The summed E-state index contributed by atoms with van der Waals surface area (Å²) in [6.45, 7) is 10.1. The molecule has 0 spiro atoms. The predicted molar refractivity (Wildman–Crippen MR) is 117 cm³/mol. The van der Waals surface area contributed by atoms with E-state index >= 15 is 0 Å². The Kier molecular flexibility index (Phi) is 8.00. The van der Waals surface area contributed by atoms with Gasteiger partial charge in [-0.1, -0.05) is 12.1 Å². The van der Waals surface area contributed by atoms with E-state index in [-0.39, 0.29) is 6.03 Å². The van der Waals surface area contributed by atoms with E-state index in [2.05, 4.69) is 32.4 Å². The van der Waals surface area contributed by atoms with Gasteiger partial charge in [0.05, 0.1) is 12.8 Å². The molecule has 2 heterocycles. The molecule has 2 fully saturated rings. The van der Waals surface area contributed by atoms with Crippen LogP contribution in [0, 0.1) is 5.92 Å². The highest BCUT2D eigenvalue weighted by molar-refractivity contribution is 5.73. The third-order valence-electron chi connectivity index (χ3n) is 6.34. The number of rotatable bonds is 7. The summed E-state index contributed by atoms with van der Waals surface area (Å²) in [5, 5.41) is 2.08. The SMILES string of the molecule is CCN(C)C(=O)NN1CCC(CCN2CCN(c3ccccc3OC)CC2)CC1. The molecular weight excluding hydrogens is 366 g/mol. The normalized spacial score (nSPS) is 19.2. The van der Waals surface area contributed by atoms with Crippen molar-refractivity contribution in [1.29, 1.82) is 0 Å². The van der Waals surface area contributed by atoms with E-state index in [1.165, 1.54) is 18.7 Å². The van der Waals surface area contributed by atoms with E-state index < -0.39 is 0 Å². The van der Waals surface area contributed by atoms with Crippen LogP contribution in [0.2, 0.25) is 0 Å². The maximum Gasteiger partial charge on any atom is 0.331 e. The Balaban J connectivity index is 1.35. The minimum absolute atomic E-state index is 0.00105. The summed E-state index contributed by atoms with van der Waals surface area (Å²) in [5.74, 6) is 1.73. The molecule has 0 radical (unpaired) electrons. The van der Waals surface area contributed by atoms with Crippen molar-refractivity contribution in [2.24, 2.45) is 5.92 Å². The molecule has 2 aliphatic heterocycles. The number of hydrogen-bond acceptors (Lipinski definition) is 5. The number of ether oxygens (including phenoxy) is 1. The summed E-state index contributed by atoms with van der Waals surface area (Å²) >= 11 is 0. The minimum Gasteiger partial charge on any atom is -0.495 e. The molecule has 2 aliphatic rings. The van der Waals surface area contributed by atoms with Crippen molar-refractivity contribution < 1.29 is 9.53 Å². The number of para-hydroxylation sites is 2. The van der Waals surface area contributed by atoms with Crippen LogP contribution in [0.4, 0.5) is 10.5 Å². The lowest BCUT2D eigenvalue weighted by atomic mass is 9.94. The molecule has 0 unspecified atom stereocenters. The van der Waals surface area contributed by atoms with Crippen LogP contribution in [-0.2, 0) is 0 Å². The number of nitrogens with one attached hydrogen (secondary N) is 1. The Morgan fingerprint density at radius 3 is 2.48 bits per heavy atom. The van der Waals surface area contributed by atoms with E-state index in [0.29, 0.717) is 0 Å². The molecule has 0 saturated carbocycles. The van der Waals surface area contributed by atoms with Crippen molar-refractivity contribution in [2.45, 2.75) is 26.2 Å². The fraction of sp³-hybridized carbons (Fsp3) is 0.682. The highest BCUT2D eigenvalue weighted by atomic mass is 16.5. The fourth-order valence-corrected chi connectivity index (χ4v) is 4.17. The van der Waals surface area contributed by atoms with Gasteiger partial charge in [0.1, 0.15) is 5.75 Å². The number of piperidine rings is 1. The summed E-state index contributed by atoms with van der Waals surface area (Å²) in [7, 11) is 3.57. The van der Waals surface area contributed by atoms with Gasteiger partial charge in [0.25, 0.3) is 0 Å². The number of anilines is 1. The average molecular weight is 404 g/mol. The third-order valence-corrected chi connectivity index (χ3v) is 6.34. The van der Waals surface area contributed by atoms with Crippen LogP contribution in [0.1, 0.15) is 26.2 Å². The molecule has 7 heteroatoms.